The lowest BCUT2D eigenvalue weighted by Gasteiger charge is -2.34. The quantitative estimate of drug-likeness (QED) is 0.630. The summed E-state index contributed by atoms with van der Waals surface area (Å²) in [4.78, 5) is 11.8. The number of piperidine rings is 1. The summed E-state index contributed by atoms with van der Waals surface area (Å²) in [7, 11) is 0. The molecule has 2 aromatic heterocycles. The number of rotatable bonds is 3. The zero-order valence-corrected chi connectivity index (χ0v) is 16.8. The summed E-state index contributed by atoms with van der Waals surface area (Å²) in [5.74, 6) is 1.57. The third kappa shape index (κ3) is 4.00. The van der Waals surface area contributed by atoms with Crippen molar-refractivity contribution in [3.63, 3.8) is 0 Å². The molecule has 0 aliphatic carbocycles. The second-order valence-corrected chi connectivity index (χ2v) is 8.62. The van der Waals surface area contributed by atoms with Crippen LogP contribution in [0, 0.1) is 5.92 Å². The Kier molecular flexibility index (Phi) is 5.46. The Hall–Kier alpha value is -2.06. The molecule has 5 N–H and O–H groups in total. The van der Waals surface area contributed by atoms with Gasteiger partial charge in [0, 0.05) is 56.1 Å². The lowest BCUT2D eigenvalue weighted by molar-refractivity contribution is 0.265. The Labute approximate surface area is 172 Å². The van der Waals surface area contributed by atoms with Crippen molar-refractivity contribution in [2.75, 3.05) is 24.5 Å². The van der Waals surface area contributed by atoms with Crippen molar-refractivity contribution in [1.82, 2.24) is 26.1 Å². The zero-order chi connectivity index (χ0) is 19.6. The number of fused-ring (bicyclic) bond motifs is 1. The van der Waals surface area contributed by atoms with Crippen molar-refractivity contribution in [1.29, 1.82) is 0 Å². The fourth-order valence-corrected chi connectivity index (χ4v) is 5.04. The lowest BCUT2D eigenvalue weighted by atomic mass is 9.81. The van der Waals surface area contributed by atoms with Crippen LogP contribution >= 0.6 is 0 Å². The van der Waals surface area contributed by atoms with E-state index in [2.05, 4.69) is 50.3 Å². The van der Waals surface area contributed by atoms with Crippen LogP contribution in [-0.4, -0.2) is 41.7 Å². The van der Waals surface area contributed by atoms with E-state index in [0.29, 0.717) is 24.0 Å². The molecule has 29 heavy (non-hydrogen) atoms. The van der Waals surface area contributed by atoms with E-state index in [0.717, 1.165) is 56.8 Å². The first-order valence-corrected chi connectivity index (χ1v) is 10.9. The fraction of sp³-hybridized carbons (Fsp3) is 0.545. The summed E-state index contributed by atoms with van der Waals surface area (Å²) in [5.41, 5.74) is 15.6. The van der Waals surface area contributed by atoms with E-state index in [1.807, 2.05) is 18.5 Å². The maximum atomic E-state index is 6.16. The standard InChI is InChI=1S/C22H31N7/c23-16-5-3-10-29(11-8-16)21-7-1-6-18(26-21)22-17-12-19(15-4-2-9-24-13-15)25-14-20(17)27-28-22/h1-2,4,6-7,9,13,16-17,19-20,22,25,27-28H,3,5,8,10-12,14,23H2/t16-,17?,19?,20?,22?/m0/s1. The smallest absolute Gasteiger partial charge is 0.128 e. The molecule has 5 heterocycles. The van der Waals surface area contributed by atoms with Crippen molar-refractivity contribution < 1.29 is 0 Å². The van der Waals surface area contributed by atoms with Crippen molar-refractivity contribution in [3.8, 4) is 0 Å². The minimum Gasteiger partial charge on any atom is -0.357 e. The molecule has 5 atom stereocenters. The van der Waals surface area contributed by atoms with Gasteiger partial charge in [-0.15, -0.1) is 0 Å². The maximum Gasteiger partial charge on any atom is 0.128 e. The SMILES string of the molecule is N[C@H]1CCCN(c2cccc(C3NNC4CNC(c5cccnc5)CC43)n2)CC1. The molecule has 3 aliphatic rings. The van der Waals surface area contributed by atoms with Crippen molar-refractivity contribution in [2.24, 2.45) is 11.7 Å². The van der Waals surface area contributed by atoms with Gasteiger partial charge >= 0.3 is 0 Å². The zero-order valence-electron chi connectivity index (χ0n) is 16.8. The number of hydrogen-bond donors (Lipinski definition) is 4. The third-order valence-corrected chi connectivity index (χ3v) is 6.72. The van der Waals surface area contributed by atoms with Crippen LogP contribution in [0.25, 0.3) is 0 Å². The highest BCUT2D eigenvalue weighted by molar-refractivity contribution is 5.40. The Morgan fingerprint density at radius 1 is 1.07 bits per heavy atom. The van der Waals surface area contributed by atoms with E-state index >= 15 is 0 Å². The molecule has 0 spiro atoms. The van der Waals surface area contributed by atoms with Gasteiger partial charge in [0.05, 0.1) is 11.7 Å². The molecule has 0 amide bonds. The molecule has 0 bridgehead atoms. The number of anilines is 1. The molecule has 3 fully saturated rings. The summed E-state index contributed by atoms with van der Waals surface area (Å²) >= 11 is 0. The largest absolute Gasteiger partial charge is 0.357 e. The van der Waals surface area contributed by atoms with Crippen LogP contribution in [0.5, 0.6) is 0 Å². The van der Waals surface area contributed by atoms with E-state index in [-0.39, 0.29) is 6.04 Å². The molecule has 4 unspecified atom stereocenters. The van der Waals surface area contributed by atoms with E-state index in [9.17, 15) is 0 Å². The molecule has 0 saturated carbocycles. The molecule has 3 aliphatic heterocycles. The number of hydrogen-bond acceptors (Lipinski definition) is 7. The van der Waals surface area contributed by atoms with E-state index < -0.39 is 0 Å². The average molecular weight is 394 g/mol. The van der Waals surface area contributed by atoms with Crippen molar-refractivity contribution in [2.45, 2.75) is 49.9 Å². The summed E-state index contributed by atoms with van der Waals surface area (Å²) in [6.45, 7) is 2.98. The first-order valence-electron chi connectivity index (χ1n) is 10.9. The van der Waals surface area contributed by atoms with Gasteiger partial charge in [0.1, 0.15) is 5.82 Å². The van der Waals surface area contributed by atoms with Crippen LogP contribution < -0.4 is 26.8 Å². The van der Waals surface area contributed by atoms with Crippen LogP contribution in [0.3, 0.4) is 0 Å². The minimum atomic E-state index is 0.218. The summed E-state index contributed by atoms with van der Waals surface area (Å²) in [5, 5.41) is 3.67. The van der Waals surface area contributed by atoms with E-state index in [4.69, 9.17) is 10.7 Å². The highest BCUT2D eigenvalue weighted by Crippen LogP contribution is 2.38. The van der Waals surface area contributed by atoms with Crippen molar-refractivity contribution in [3.05, 3.63) is 54.0 Å². The molecule has 2 aromatic rings. The Morgan fingerprint density at radius 2 is 2.03 bits per heavy atom. The van der Waals surface area contributed by atoms with Crippen LogP contribution in [0.2, 0.25) is 0 Å². The molecule has 7 nitrogen and oxygen atoms in total. The van der Waals surface area contributed by atoms with Gasteiger partial charge in [-0.3, -0.25) is 10.4 Å². The second kappa shape index (κ2) is 8.36. The molecule has 5 rings (SSSR count). The van der Waals surface area contributed by atoms with Gasteiger partial charge in [0.25, 0.3) is 0 Å². The summed E-state index contributed by atoms with van der Waals surface area (Å²) in [6.07, 6.45) is 8.16. The van der Waals surface area contributed by atoms with Crippen LogP contribution in [0.15, 0.2) is 42.7 Å². The normalized spacial score (nSPS) is 32.6. The maximum absolute atomic E-state index is 6.16. The number of nitrogens with two attached hydrogens (primary N) is 1. The van der Waals surface area contributed by atoms with Crippen LogP contribution in [0.4, 0.5) is 5.82 Å². The average Bonchev–Trinajstić information content (AvgIpc) is 3.07. The van der Waals surface area contributed by atoms with Gasteiger partial charge in [-0.1, -0.05) is 12.1 Å². The van der Waals surface area contributed by atoms with E-state index in [1.54, 1.807) is 0 Å². The molecule has 3 saturated heterocycles. The molecular weight excluding hydrogens is 362 g/mol. The Morgan fingerprint density at radius 3 is 2.93 bits per heavy atom. The first-order chi connectivity index (χ1) is 14.3. The predicted octanol–water partition coefficient (Wildman–Crippen LogP) is 1.66. The van der Waals surface area contributed by atoms with Crippen LogP contribution in [0.1, 0.15) is 49.0 Å². The minimum absolute atomic E-state index is 0.218. The number of hydrazine groups is 1. The highest BCUT2D eigenvalue weighted by atomic mass is 15.4. The summed E-state index contributed by atoms with van der Waals surface area (Å²) < 4.78 is 0. The van der Waals surface area contributed by atoms with Gasteiger partial charge in [-0.05, 0) is 49.4 Å². The predicted molar refractivity (Wildman–Crippen MR) is 114 cm³/mol. The third-order valence-electron chi connectivity index (χ3n) is 6.72. The van der Waals surface area contributed by atoms with Crippen LogP contribution in [-0.2, 0) is 0 Å². The first kappa shape index (κ1) is 18.9. The second-order valence-electron chi connectivity index (χ2n) is 8.62. The lowest BCUT2D eigenvalue weighted by Crippen LogP contribution is -2.46. The van der Waals surface area contributed by atoms with Gasteiger partial charge in [0.2, 0.25) is 0 Å². The van der Waals surface area contributed by atoms with Gasteiger partial charge in [-0.25, -0.2) is 10.4 Å². The monoisotopic (exact) mass is 393 g/mol. The number of nitrogens with zero attached hydrogens (tertiary/aromatic N) is 3. The number of pyridine rings is 2. The topological polar surface area (TPSA) is 91.1 Å². The Bertz CT molecular complexity index is 814. The molecular formula is C22H31N7. The molecule has 0 radical (unpaired) electrons. The molecule has 154 valence electrons. The van der Waals surface area contributed by atoms with E-state index in [1.165, 1.54) is 5.56 Å². The van der Waals surface area contributed by atoms with Gasteiger partial charge in [-0.2, -0.15) is 0 Å². The molecule has 7 heteroatoms. The van der Waals surface area contributed by atoms with Gasteiger partial charge < -0.3 is 16.0 Å². The number of aromatic nitrogens is 2. The van der Waals surface area contributed by atoms with Gasteiger partial charge in [0.15, 0.2) is 0 Å². The summed E-state index contributed by atoms with van der Waals surface area (Å²) in [6, 6.07) is 11.9. The molecule has 0 aromatic carbocycles. The number of nitrogens with one attached hydrogen (secondary N) is 3. The van der Waals surface area contributed by atoms with Crippen molar-refractivity contribution >= 4 is 5.82 Å². The Balaban J connectivity index is 1.34. The highest BCUT2D eigenvalue weighted by Gasteiger charge is 2.42. The fourth-order valence-electron chi connectivity index (χ4n) is 5.04.